The van der Waals surface area contributed by atoms with Crippen LogP contribution >= 0.6 is 0 Å². The number of benzene rings is 2. The van der Waals surface area contributed by atoms with Crippen LogP contribution in [0, 0.1) is 18.6 Å². The van der Waals surface area contributed by atoms with Crippen LogP contribution < -0.4 is 5.32 Å². The molecule has 0 spiro atoms. The molecule has 27 heavy (non-hydrogen) atoms. The third-order valence-corrected chi connectivity index (χ3v) is 6.11. The molecule has 1 saturated heterocycles. The Balaban J connectivity index is 1.86. The van der Waals surface area contributed by atoms with Gasteiger partial charge in [-0.3, -0.25) is 4.79 Å². The van der Waals surface area contributed by atoms with E-state index in [9.17, 15) is 22.0 Å². The molecule has 0 unspecified atom stereocenters. The van der Waals surface area contributed by atoms with Crippen molar-refractivity contribution in [3.63, 3.8) is 0 Å². The van der Waals surface area contributed by atoms with Gasteiger partial charge in [-0.2, -0.15) is 4.31 Å². The van der Waals surface area contributed by atoms with Crippen molar-refractivity contribution in [3.8, 4) is 0 Å². The van der Waals surface area contributed by atoms with E-state index in [0.717, 1.165) is 16.4 Å². The first-order valence-corrected chi connectivity index (χ1v) is 9.68. The Morgan fingerprint density at radius 1 is 1.07 bits per heavy atom. The Morgan fingerprint density at radius 2 is 1.74 bits per heavy atom. The molecule has 1 heterocycles. The van der Waals surface area contributed by atoms with Crippen molar-refractivity contribution in [2.45, 2.75) is 11.8 Å². The number of carbonyl (C=O) groups is 1. The number of nitrogens with zero attached hydrogens (tertiary/aromatic N) is 1. The second-order valence-corrected chi connectivity index (χ2v) is 7.99. The van der Waals surface area contributed by atoms with Crippen molar-refractivity contribution in [2.24, 2.45) is 0 Å². The number of ether oxygens (including phenoxy) is 1. The summed E-state index contributed by atoms with van der Waals surface area (Å²) in [6, 6.07) is 7.19. The lowest BCUT2D eigenvalue weighted by Crippen LogP contribution is -2.40. The van der Waals surface area contributed by atoms with Gasteiger partial charge in [-0.25, -0.2) is 17.2 Å². The zero-order valence-electron chi connectivity index (χ0n) is 14.5. The van der Waals surface area contributed by atoms with Crippen molar-refractivity contribution in [2.75, 3.05) is 31.6 Å². The van der Waals surface area contributed by atoms with Gasteiger partial charge in [-0.05, 0) is 48.9 Å². The van der Waals surface area contributed by atoms with Crippen molar-refractivity contribution < 1.29 is 26.7 Å². The fourth-order valence-electron chi connectivity index (χ4n) is 2.69. The summed E-state index contributed by atoms with van der Waals surface area (Å²) >= 11 is 0. The molecular weight excluding hydrogens is 378 g/mol. The van der Waals surface area contributed by atoms with Crippen LogP contribution in [0.15, 0.2) is 41.3 Å². The number of rotatable bonds is 4. The molecule has 0 aliphatic carbocycles. The Morgan fingerprint density at radius 3 is 2.41 bits per heavy atom. The Labute approximate surface area is 155 Å². The van der Waals surface area contributed by atoms with E-state index in [-0.39, 0.29) is 37.6 Å². The number of carbonyl (C=O) groups excluding carboxylic acids is 1. The molecule has 2 aromatic carbocycles. The highest BCUT2D eigenvalue weighted by Crippen LogP contribution is 2.24. The fraction of sp³-hybridized carbons (Fsp3) is 0.278. The van der Waals surface area contributed by atoms with E-state index in [1.54, 1.807) is 0 Å². The summed E-state index contributed by atoms with van der Waals surface area (Å²) in [5, 5.41) is 2.51. The number of sulfonamides is 1. The highest BCUT2D eigenvalue weighted by atomic mass is 32.2. The van der Waals surface area contributed by atoms with Gasteiger partial charge in [0.1, 0.15) is 16.5 Å². The maximum atomic E-state index is 14.2. The first-order chi connectivity index (χ1) is 12.8. The van der Waals surface area contributed by atoms with Gasteiger partial charge in [0, 0.05) is 24.3 Å². The minimum atomic E-state index is -4.05. The Hall–Kier alpha value is -2.36. The molecule has 0 atom stereocenters. The van der Waals surface area contributed by atoms with Gasteiger partial charge in [0.2, 0.25) is 10.0 Å². The van der Waals surface area contributed by atoms with Crippen LogP contribution in [-0.4, -0.2) is 44.9 Å². The van der Waals surface area contributed by atoms with Crippen molar-refractivity contribution in [1.29, 1.82) is 0 Å². The highest BCUT2D eigenvalue weighted by molar-refractivity contribution is 7.89. The molecule has 1 fully saturated rings. The van der Waals surface area contributed by atoms with Crippen molar-refractivity contribution in [3.05, 3.63) is 59.2 Å². The third kappa shape index (κ3) is 4.15. The van der Waals surface area contributed by atoms with Crippen LogP contribution in [0.2, 0.25) is 0 Å². The van der Waals surface area contributed by atoms with E-state index < -0.39 is 32.5 Å². The molecule has 0 radical (unpaired) electrons. The quantitative estimate of drug-likeness (QED) is 0.862. The molecule has 2 aromatic rings. The normalized spacial score (nSPS) is 15.5. The molecule has 144 valence electrons. The monoisotopic (exact) mass is 396 g/mol. The number of nitrogens with one attached hydrogen (secondary N) is 1. The van der Waals surface area contributed by atoms with E-state index >= 15 is 0 Å². The number of anilines is 1. The van der Waals surface area contributed by atoms with Crippen molar-refractivity contribution >= 4 is 21.6 Å². The maximum Gasteiger partial charge on any atom is 0.255 e. The largest absolute Gasteiger partial charge is 0.379 e. The number of morpholine rings is 1. The zero-order chi connectivity index (χ0) is 19.6. The van der Waals surface area contributed by atoms with Crippen LogP contribution in [0.5, 0.6) is 0 Å². The van der Waals surface area contributed by atoms with Crippen LogP contribution in [0.25, 0.3) is 0 Å². The van der Waals surface area contributed by atoms with Gasteiger partial charge in [0.15, 0.2) is 0 Å². The van der Waals surface area contributed by atoms with E-state index in [4.69, 9.17) is 4.74 Å². The Kier molecular flexibility index (Phi) is 5.54. The van der Waals surface area contributed by atoms with Gasteiger partial charge >= 0.3 is 0 Å². The summed E-state index contributed by atoms with van der Waals surface area (Å²) in [5.41, 5.74) is 0.628. The molecule has 0 bridgehead atoms. The molecule has 1 N–H and O–H groups in total. The van der Waals surface area contributed by atoms with E-state index in [1.807, 2.05) is 0 Å². The predicted octanol–water partition coefficient (Wildman–Crippen LogP) is 2.55. The number of halogens is 2. The lowest BCUT2D eigenvalue weighted by molar-refractivity contribution is 0.0729. The molecule has 0 aromatic heterocycles. The van der Waals surface area contributed by atoms with Crippen molar-refractivity contribution in [1.82, 2.24) is 4.31 Å². The molecule has 1 aliphatic rings. The second kappa shape index (κ2) is 7.71. The lowest BCUT2D eigenvalue weighted by atomic mass is 10.1. The van der Waals surface area contributed by atoms with Gasteiger partial charge in [-0.1, -0.05) is 0 Å². The minimum Gasteiger partial charge on any atom is -0.379 e. The molecule has 1 aliphatic heterocycles. The zero-order valence-corrected chi connectivity index (χ0v) is 15.4. The number of hydrogen-bond donors (Lipinski definition) is 1. The minimum absolute atomic E-state index is 0.121. The predicted molar refractivity (Wildman–Crippen MR) is 95.1 cm³/mol. The van der Waals surface area contributed by atoms with Crippen LogP contribution in [0.1, 0.15) is 15.9 Å². The third-order valence-electron chi connectivity index (χ3n) is 4.20. The van der Waals surface area contributed by atoms with E-state index in [1.165, 1.54) is 31.2 Å². The summed E-state index contributed by atoms with van der Waals surface area (Å²) in [5.74, 6) is -1.90. The average Bonchev–Trinajstić information content (AvgIpc) is 2.66. The molecule has 1 amide bonds. The van der Waals surface area contributed by atoms with Crippen LogP contribution in [0.4, 0.5) is 14.5 Å². The summed E-state index contributed by atoms with van der Waals surface area (Å²) in [6.45, 7) is 2.26. The molecular formula is C18H18F2N2O4S. The van der Waals surface area contributed by atoms with Gasteiger partial charge in [-0.15, -0.1) is 0 Å². The molecule has 9 heteroatoms. The van der Waals surface area contributed by atoms with E-state index in [2.05, 4.69) is 5.32 Å². The van der Waals surface area contributed by atoms with Gasteiger partial charge in [0.05, 0.1) is 13.2 Å². The number of hydrogen-bond acceptors (Lipinski definition) is 4. The molecule has 0 saturated carbocycles. The molecule has 6 nitrogen and oxygen atoms in total. The lowest BCUT2D eigenvalue weighted by Gasteiger charge is -2.26. The summed E-state index contributed by atoms with van der Waals surface area (Å²) in [7, 11) is -4.05. The first kappa shape index (κ1) is 19.4. The summed E-state index contributed by atoms with van der Waals surface area (Å²) in [6.07, 6.45) is 0. The van der Waals surface area contributed by atoms with E-state index in [0.29, 0.717) is 5.56 Å². The average molecular weight is 396 g/mol. The van der Waals surface area contributed by atoms with Gasteiger partial charge in [0.25, 0.3) is 5.91 Å². The van der Waals surface area contributed by atoms with Gasteiger partial charge < -0.3 is 10.1 Å². The topological polar surface area (TPSA) is 75.7 Å². The standard InChI is InChI=1S/C18H18F2N2O4S/c1-12-10-13(2-4-15(12)19)18(23)21-14-3-5-16(20)17(11-14)27(24,25)22-6-8-26-9-7-22/h2-5,10-11H,6-9H2,1H3,(H,21,23). The van der Waals surface area contributed by atoms with Crippen LogP contribution in [0.3, 0.4) is 0 Å². The highest BCUT2D eigenvalue weighted by Gasteiger charge is 2.29. The molecule has 3 rings (SSSR count). The summed E-state index contributed by atoms with van der Waals surface area (Å²) < 4.78 is 59.1. The maximum absolute atomic E-state index is 14.2. The second-order valence-electron chi connectivity index (χ2n) is 6.08. The Bertz CT molecular complexity index is 973. The van der Waals surface area contributed by atoms with Crippen LogP contribution in [-0.2, 0) is 14.8 Å². The SMILES string of the molecule is Cc1cc(C(=O)Nc2ccc(F)c(S(=O)(=O)N3CCOCC3)c2)ccc1F. The fourth-order valence-corrected chi connectivity index (χ4v) is 4.19. The summed E-state index contributed by atoms with van der Waals surface area (Å²) in [4.78, 5) is 11.8. The number of aryl methyl sites for hydroxylation is 1. The first-order valence-electron chi connectivity index (χ1n) is 8.24. The number of amides is 1. The smallest absolute Gasteiger partial charge is 0.255 e.